The maximum absolute atomic E-state index is 4.99. The van der Waals surface area contributed by atoms with Crippen molar-refractivity contribution in [3.63, 3.8) is 0 Å². The summed E-state index contributed by atoms with van der Waals surface area (Å²) in [5.74, 6) is 0. The molecule has 0 fully saturated rings. The minimum absolute atomic E-state index is 0.994. The fraction of sp³-hybridized carbons (Fsp3) is 0.417. The Bertz CT molecular complexity index is 699. The van der Waals surface area contributed by atoms with Gasteiger partial charge in [0.2, 0.25) is 0 Å². The molecule has 0 aliphatic carbocycles. The highest BCUT2D eigenvalue weighted by Gasteiger charge is 2.09. The van der Waals surface area contributed by atoms with Gasteiger partial charge in [0.1, 0.15) is 0 Å². The summed E-state index contributed by atoms with van der Waals surface area (Å²) in [4.78, 5) is 9.99. The minimum atomic E-state index is 0.994. The molecule has 0 aliphatic rings. The van der Waals surface area contributed by atoms with Crippen LogP contribution < -0.4 is 0 Å². The van der Waals surface area contributed by atoms with Crippen molar-refractivity contribution in [1.29, 1.82) is 0 Å². The summed E-state index contributed by atoms with van der Waals surface area (Å²) in [6.07, 6.45) is 3.98. The predicted octanol–water partition coefficient (Wildman–Crippen LogP) is 6.82. The van der Waals surface area contributed by atoms with Crippen molar-refractivity contribution in [2.24, 2.45) is 9.98 Å². The van der Waals surface area contributed by atoms with Crippen molar-refractivity contribution in [3.05, 3.63) is 58.7 Å². The van der Waals surface area contributed by atoms with E-state index in [1.54, 1.807) is 0 Å². The lowest BCUT2D eigenvalue weighted by Crippen LogP contribution is -2.06. The zero-order valence-electron chi connectivity index (χ0n) is 17.2. The second kappa shape index (κ2) is 9.47. The van der Waals surface area contributed by atoms with Gasteiger partial charge in [-0.2, -0.15) is 0 Å². The van der Waals surface area contributed by atoms with Crippen LogP contribution in [0.5, 0.6) is 0 Å². The van der Waals surface area contributed by atoms with Gasteiger partial charge < -0.3 is 0 Å². The Labute approximate surface area is 159 Å². The molecule has 0 atom stereocenters. The zero-order valence-corrected chi connectivity index (χ0v) is 17.2. The first-order valence-corrected chi connectivity index (χ1v) is 9.88. The third-order valence-corrected chi connectivity index (χ3v) is 5.01. The molecule has 0 aliphatic heterocycles. The Kier molecular flexibility index (Phi) is 7.32. The van der Waals surface area contributed by atoms with E-state index in [1.165, 1.54) is 22.3 Å². The first-order chi connectivity index (χ1) is 12.5. The van der Waals surface area contributed by atoms with Crippen molar-refractivity contribution in [2.75, 3.05) is 0 Å². The number of hydrogen-bond donors (Lipinski definition) is 0. The normalized spacial score (nSPS) is 12.5. The number of nitrogens with zero attached hydrogens (tertiary/aromatic N) is 2. The van der Waals surface area contributed by atoms with Gasteiger partial charge in [0.15, 0.2) is 0 Å². The van der Waals surface area contributed by atoms with Gasteiger partial charge in [0, 0.05) is 0 Å². The highest BCUT2D eigenvalue weighted by atomic mass is 14.8. The Balaban J connectivity index is 2.50. The van der Waals surface area contributed by atoms with E-state index in [0.717, 1.165) is 48.5 Å². The summed E-state index contributed by atoms with van der Waals surface area (Å²) in [7, 11) is 0. The molecule has 0 heterocycles. The molecule has 0 saturated carbocycles. The maximum atomic E-state index is 4.99. The lowest BCUT2D eigenvalue weighted by molar-refractivity contribution is 1.08. The van der Waals surface area contributed by atoms with E-state index in [2.05, 4.69) is 77.9 Å². The van der Waals surface area contributed by atoms with Crippen LogP contribution >= 0.6 is 0 Å². The van der Waals surface area contributed by atoms with Crippen molar-refractivity contribution >= 4 is 22.8 Å². The van der Waals surface area contributed by atoms with Gasteiger partial charge in [-0.1, -0.05) is 64.1 Å². The third kappa shape index (κ3) is 4.49. The van der Waals surface area contributed by atoms with Crippen LogP contribution in [-0.2, 0) is 25.7 Å². The topological polar surface area (TPSA) is 24.7 Å². The molecule has 0 unspecified atom stereocenters. The molecule has 0 radical (unpaired) electrons. The van der Waals surface area contributed by atoms with Crippen LogP contribution in [0, 0.1) is 0 Å². The van der Waals surface area contributed by atoms with Gasteiger partial charge in [-0.3, -0.25) is 9.98 Å². The Morgan fingerprint density at radius 2 is 0.846 bits per heavy atom. The second-order valence-corrected chi connectivity index (χ2v) is 6.66. The van der Waals surface area contributed by atoms with E-state index in [4.69, 9.17) is 9.98 Å². The lowest BCUT2D eigenvalue weighted by atomic mass is 10.0. The van der Waals surface area contributed by atoms with Crippen molar-refractivity contribution < 1.29 is 0 Å². The molecule has 138 valence electrons. The number of hydrogen-bond acceptors (Lipinski definition) is 2. The van der Waals surface area contributed by atoms with Gasteiger partial charge >= 0.3 is 0 Å². The molecule has 0 saturated heterocycles. The molecule has 2 heteroatoms. The zero-order chi connectivity index (χ0) is 19.1. The molecule has 2 rings (SSSR count). The quantitative estimate of drug-likeness (QED) is 0.490. The third-order valence-electron chi connectivity index (χ3n) is 5.01. The van der Waals surface area contributed by atoms with Gasteiger partial charge in [-0.05, 0) is 61.8 Å². The first kappa shape index (κ1) is 20.1. The van der Waals surface area contributed by atoms with E-state index >= 15 is 0 Å². The lowest BCUT2D eigenvalue weighted by Gasteiger charge is -2.12. The van der Waals surface area contributed by atoms with Gasteiger partial charge in [-0.15, -0.1) is 0 Å². The maximum Gasteiger partial charge on any atom is 0.0697 e. The Morgan fingerprint density at radius 1 is 0.577 bits per heavy atom. The molecule has 2 aromatic rings. The van der Waals surface area contributed by atoms with Crippen LogP contribution in [0.15, 0.2) is 46.4 Å². The van der Waals surface area contributed by atoms with E-state index < -0.39 is 0 Å². The number of aliphatic imine (C=N–C) groups is 2. The van der Waals surface area contributed by atoms with Crippen LogP contribution in [0.1, 0.15) is 63.8 Å². The van der Waals surface area contributed by atoms with Crippen molar-refractivity contribution in [2.45, 2.75) is 67.2 Å². The summed E-state index contributed by atoms with van der Waals surface area (Å²) in [6.45, 7) is 12.9. The number of rotatable bonds is 7. The van der Waals surface area contributed by atoms with Crippen LogP contribution in [0.3, 0.4) is 0 Å². The average Bonchev–Trinajstić information content (AvgIpc) is 2.67. The summed E-state index contributed by atoms with van der Waals surface area (Å²) in [5, 5.41) is 0. The SMILES string of the molecule is CCc1cccc(CC)c1/N=C(C)/C(C)=N/c1c(CC)cccc1CC. The predicted molar refractivity (Wildman–Crippen MR) is 116 cm³/mol. The molecule has 26 heavy (non-hydrogen) atoms. The summed E-state index contributed by atoms with van der Waals surface area (Å²) in [5.41, 5.74) is 9.47. The first-order valence-electron chi connectivity index (χ1n) is 9.88. The molecule has 0 spiro atoms. The largest absolute Gasteiger partial charge is 0.251 e. The van der Waals surface area contributed by atoms with Crippen molar-refractivity contribution in [3.8, 4) is 0 Å². The van der Waals surface area contributed by atoms with E-state index in [1.807, 2.05) is 0 Å². The summed E-state index contributed by atoms with van der Waals surface area (Å²) in [6, 6.07) is 13.0. The minimum Gasteiger partial charge on any atom is -0.251 e. The van der Waals surface area contributed by atoms with E-state index in [-0.39, 0.29) is 0 Å². The molecule has 0 aromatic heterocycles. The highest BCUT2D eigenvalue weighted by Crippen LogP contribution is 2.28. The molecule has 0 N–H and O–H groups in total. The standard InChI is InChI=1S/C24H32N2/c1-7-19-13-11-14-20(8-2)23(19)25-17(5)18(6)26-24-21(9-3)15-12-16-22(24)10-4/h11-16H,7-10H2,1-6H3/b25-17+,26-18+. The Morgan fingerprint density at radius 3 is 1.08 bits per heavy atom. The highest BCUT2D eigenvalue weighted by molar-refractivity contribution is 6.41. The van der Waals surface area contributed by atoms with Gasteiger partial charge in [0.25, 0.3) is 0 Å². The Hall–Kier alpha value is -2.22. The molecular weight excluding hydrogens is 316 g/mol. The van der Waals surface area contributed by atoms with Crippen LogP contribution in [0.25, 0.3) is 0 Å². The molecule has 0 bridgehead atoms. The smallest absolute Gasteiger partial charge is 0.0697 e. The molecule has 0 amide bonds. The summed E-state index contributed by atoms with van der Waals surface area (Å²) < 4.78 is 0. The molecule has 2 nitrogen and oxygen atoms in total. The average molecular weight is 349 g/mol. The summed E-state index contributed by atoms with van der Waals surface area (Å²) >= 11 is 0. The van der Waals surface area contributed by atoms with Crippen LogP contribution in [-0.4, -0.2) is 11.4 Å². The fourth-order valence-electron chi connectivity index (χ4n) is 3.21. The number of benzene rings is 2. The van der Waals surface area contributed by atoms with Crippen molar-refractivity contribution in [1.82, 2.24) is 0 Å². The van der Waals surface area contributed by atoms with E-state index in [9.17, 15) is 0 Å². The molecule has 2 aromatic carbocycles. The second-order valence-electron chi connectivity index (χ2n) is 6.66. The van der Waals surface area contributed by atoms with Crippen LogP contribution in [0.2, 0.25) is 0 Å². The van der Waals surface area contributed by atoms with E-state index in [0.29, 0.717) is 0 Å². The molecular formula is C24H32N2. The monoisotopic (exact) mass is 348 g/mol. The van der Waals surface area contributed by atoms with Gasteiger partial charge in [-0.25, -0.2) is 0 Å². The fourth-order valence-corrected chi connectivity index (χ4v) is 3.21. The number of aryl methyl sites for hydroxylation is 4. The van der Waals surface area contributed by atoms with Crippen LogP contribution in [0.4, 0.5) is 11.4 Å². The number of para-hydroxylation sites is 2. The van der Waals surface area contributed by atoms with Gasteiger partial charge in [0.05, 0.1) is 22.8 Å².